The van der Waals surface area contributed by atoms with Crippen molar-refractivity contribution >= 4 is 5.78 Å². The van der Waals surface area contributed by atoms with Gasteiger partial charge in [-0.2, -0.15) is 5.26 Å². The minimum Gasteiger partial charge on any atom is -0.380 e. The maximum Gasteiger partial charge on any atom is 0.186 e. The van der Waals surface area contributed by atoms with Gasteiger partial charge >= 0.3 is 0 Å². The number of pyridine rings is 1. The lowest BCUT2D eigenvalue weighted by Gasteiger charge is -2.08. The van der Waals surface area contributed by atoms with Gasteiger partial charge in [-0.1, -0.05) is 24.3 Å². The molecule has 1 heterocycles. The Hall–Kier alpha value is -2.58. The predicted octanol–water partition coefficient (Wildman–Crippen LogP) is 2.86. The van der Waals surface area contributed by atoms with E-state index < -0.39 is 11.7 Å². The SMILES string of the molecule is COCc1ccc(C(=O)C(C#N)c2ccc(F)cn2)cc1. The molecule has 0 fully saturated rings. The molecule has 0 N–H and O–H groups in total. The second-order valence-corrected chi connectivity index (χ2v) is 4.46. The van der Waals surface area contributed by atoms with E-state index in [2.05, 4.69) is 4.98 Å². The Balaban J connectivity index is 2.24. The second kappa shape index (κ2) is 6.73. The van der Waals surface area contributed by atoms with Gasteiger partial charge in [0.1, 0.15) is 5.82 Å². The number of methoxy groups -OCH3 is 1. The molecule has 0 aliphatic carbocycles. The number of carbonyl (C=O) groups is 1. The number of carbonyl (C=O) groups excluding carboxylic acids is 1. The topological polar surface area (TPSA) is 63.0 Å². The molecule has 2 rings (SSSR count). The summed E-state index contributed by atoms with van der Waals surface area (Å²) in [6.45, 7) is 0.454. The molecule has 2 aromatic rings. The quantitative estimate of drug-likeness (QED) is 0.792. The van der Waals surface area contributed by atoms with E-state index in [1.54, 1.807) is 31.4 Å². The van der Waals surface area contributed by atoms with Crippen LogP contribution in [0.1, 0.15) is 27.5 Å². The van der Waals surface area contributed by atoms with E-state index in [-0.39, 0.29) is 11.5 Å². The first-order valence-electron chi connectivity index (χ1n) is 6.29. The number of benzene rings is 1. The molecule has 1 aromatic carbocycles. The first kappa shape index (κ1) is 14.8. The van der Waals surface area contributed by atoms with Gasteiger partial charge in [0.15, 0.2) is 11.7 Å². The zero-order valence-corrected chi connectivity index (χ0v) is 11.4. The van der Waals surface area contributed by atoms with Crippen LogP contribution in [-0.2, 0) is 11.3 Å². The largest absolute Gasteiger partial charge is 0.380 e. The van der Waals surface area contributed by atoms with Crippen molar-refractivity contribution in [2.45, 2.75) is 12.5 Å². The number of hydrogen-bond acceptors (Lipinski definition) is 4. The molecule has 106 valence electrons. The summed E-state index contributed by atoms with van der Waals surface area (Å²) in [4.78, 5) is 16.1. The van der Waals surface area contributed by atoms with Crippen LogP contribution in [0.5, 0.6) is 0 Å². The monoisotopic (exact) mass is 284 g/mol. The number of Topliss-reactive ketones (excluding diaryl/α,β-unsaturated/α-hetero) is 1. The maximum atomic E-state index is 12.9. The maximum absolute atomic E-state index is 12.9. The fourth-order valence-electron chi connectivity index (χ4n) is 1.92. The van der Waals surface area contributed by atoms with Gasteiger partial charge in [-0.25, -0.2) is 4.39 Å². The highest BCUT2D eigenvalue weighted by molar-refractivity contribution is 6.02. The molecule has 0 aliphatic heterocycles. The third-order valence-corrected chi connectivity index (χ3v) is 2.99. The molecular formula is C16H13FN2O2. The number of hydrogen-bond donors (Lipinski definition) is 0. The Bertz CT molecular complexity index is 660. The average Bonchev–Trinajstić information content (AvgIpc) is 2.51. The van der Waals surface area contributed by atoms with Crippen LogP contribution >= 0.6 is 0 Å². The lowest BCUT2D eigenvalue weighted by molar-refractivity contribution is 0.0977. The summed E-state index contributed by atoms with van der Waals surface area (Å²) in [6.07, 6.45) is 0.995. The highest BCUT2D eigenvalue weighted by Crippen LogP contribution is 2.19. The molecule has 0 spiro atoms. The van der Waals surface area contributed by atoms with Crippen molar-refractivity contribution < 1.29 is 13.9 Å². The molecule has 0 aliphatic rings. The third-order valence-electron chi connectivity index (χ3n) is 2.99. The molecular weight excluding hydrogens is 271 g/mol. The summed E-state index contributed by atoms with van der Waals surface area (Å²) < 4.78 is 17.8. The average molecular weight is 284 g/mol. The Morgan fingerprint density at radius 2 is 2.05 bits per heavy atom. The lowest BCUT2D eigenvalue weighted by Crippen LogP contribution is -2.12. The molecule has 0 radical (unpaired) electrons. The highest BCUT2D eigenvalue weighted by Gasteiger charge is 2.23. The van der Waals surface area contributed by atoms with Gasteiger partial charge in [-0.15, -0.1) is 0 Å². The van der Waals surface area contributed by atoms with E-state index in [9.17, 15) is 14.4 Å². The minimum atomic E-state index is -1.04. The Morgan fingerprint density at radius 3 is 2.57 bits per heavy atom. The van der Waals surface area contributed by atoms with Crippen LogP contribution in [0.3, 0.4) is 0 Å². The van der Waals surface area contributed by atoms with E-state index in [4.69, 9.17) is 4.74 Å². The summed E-state index contributed by atoms with van der Waals surface area (Å²) in [5, 5.41) is 9.19. The van der Waals surface area contributed by atoms with E-state index in [0.717, 1.165) is 11.8 Å². The number of nitrogens with zero attached hydrogens (tertiary/aromatic N) is 2. The standard InChI is InChI=1S/C16H13FN2O2/c1-21-10-11-2-4-12(5-3-11)16(20)14(8-18)15-7-6-13(17)9-19-15/h2-7,9,14H,10H2,1H3. The van der Waals surface area contributed by atoms with Crippen LogP contribution in [0.2, 0.25) is 0 Å². The fourth-order valence-corrected chi connectivity index (χ4v) is 1.92. The first-order chi connectivity index (χ1) is 10.2. The number of aromatic nitrogens is 1. The number of ether oxygens (including phenoxy) is 1. The van der Waals surface area contributed by atoms with Crippen molar-refractivity contribution in [3.05, 3.63) is 65.2 Å². The van der Waals surface area contributed by atoms with Gasteiger partial charge in [0.2, 0.25) is 0 Å². The van der Waals surface area contributed by atoms with Gasteiger partial charge in [0, 0.05) is 12.7 Å². The number of nitriles is 1. The Morgan fingerprint density at radius 1 is 1.33 bits per heavy atom. The predicted molar refractivity (Wildman–Crippen MR) is 74.0 cm³/mol. The molecule has 4 nitrogen and oxygen atoms in total. The summed E-state index contributed by atoms with van der Waals surface area (Å²) >= 11 is 0. The van der Waals surface area contributed by atoms with Crippen molar-refractivity contribution in [3.63, 3.8) is 0 Å². The summed E-state index contributed by atoms with van der Waals surface area (Å²) in [6, 6.07) is 11.3. The van der Waals surface area contributed by atoms with Crippen LogP contribution < -0.4 is 0 Å². The van der Waals surface area contributed by atoms with E-state index >= 15 is 0 Å². The van der Waals surface area contributed by atoms with E-state index in [1.165, 1.54) is 12.1 Å². The summed E-state index contributed by atoms with van der Waals surface area (Å²) in [7, 11) is 1.59. The van der Waals surface area contributed by atoms with E-state index in [1.807, 2.05) is 6.07 Å². The molecule has 0 bridgehead atoms. The van der Waals surface area contributed by atoms with Crippen molar-refractivity contribution in [2.75, 3.05) is 7.11 Å². The first-order valence-corrected chi connectivity index (χ1v) is 6.29. The smallest absolute Gasteiger partial charge is 0.186 e. The Kier molecular flexibility index (Phi) is 4.75. The van der Waals surface area contributed by atoms with Crippen LogP contribution in [0.4, 0.5) is 4.39 Å². The van der Waals surface area contributed by atoms with Crippen LogP contribution in [0.15, 0.2) is 42.6 Å². The molecule has 1 aromatic heterocycles. The van der Waals surface area contributed by atoms with Crippen molar-refractivity contribution in [1.82, 2.24) is 4.98 Å². The lowest BCUT2D eigenvalue weighted by atomic mass is 9.95. The number of halogens is 1. The summed E-state index contributed by atoms with van der Waals surface area (Å²) in [5.41, 5.74) is 1.58. The van der Waals surface area contributed by atoms with Crippen molar-refractivity contribution in [3.8, 4) is 6.07 Å². The van der Waals surface area contributed by atoms with Gasteiger partial charge in [-0.05, 0) is 17.7 Å². The fraction of sp³-hybridized carbons (Fsp3) is 0.188. The zero-order chi connectivity index (χ0) is 15.2. The normalized spacial score (nSPS) is 11.7. The van der Waals surface area contributed by atoms with Gasteiger partial charge < -0.3 is 4.74 Å². The van der Waals surface area contributed by atoms with Crippen LogP contribution in [-0.4, -0.2) is 17.9 Å². The molecule has 0 saturated carbocycles. The van der Waals surface area contributed by atoms with E-state index in [0.29, 0.717) is 12.2 Å². The van der Waals surface area contributed by atoms with Crippen molar-refractivity contribution in [2.24, 2.45) is 0 Å². The molecule has 1 unspecified atom stereocenters. The Labute approximate surface area is 121 Å². The number of rotatable bonds is 5. The van der Waals surface area contributed by atoms with Crippen LogP contribution in [0, 0.1) is 17.1 Å². The molecule has 1 atom stereocenters. The van der Waals surface area contributed by atoms with Crippen LogP contribution in [0.25, 0.3) is 0 Å². The zero-order valence-electron chi connectivity index (χ0n) is 11.4. The third kappa shape index (κ3) is 3.50. The highest BCUT2D eigenvalue weighted by atomic mass is 19.1. The van der Waals surface area contributed by atoms with Gasteiger partial charge in [0.05, 0.1) is 24.6 Å². The molecule has 0 amide bonds. The van der Waals surface area contributed by atoms with Crippen molar-refractivity contribution in [1.29, 1.82) is 5.26 Å². The number of ketones is 1. The molecule has 0 saturated heterocycles. The summed E-state index contributed by atoms with van der Waals surface area (Å²) in [5.74, 6) is -1.91. The molecule has 21 heavy (non-hydrogen) atoms. The second-order valence-electron chi connectivity index (χ2n) is 4.46. The van der Waals surface area contributed by atoms with Gasteiger partial charge in [-0.3, -0.25) is 9.78 Å². The minimum absolute atomic E-state index is 0.241. The molecule has 5 heteroatoms. The van der Waals surface area contributed by atoms with Gasteiger partial charge in [0.25, 0.3) is 0 Å².